The molecule has 0 aromatic heterocycles. The molecule has 1 saturated carbocycles. The van der Waals surface area contributed by atoms with E-state index < -0.39 is 0 Å². The van der Waals surface area contributed by atoms with Crippen molar-refractivity contribution in [2.45, 2.75) is 33.1 Å². The van der Waals surface area contributed by atoms with E-state index in [0.29, 0.717) is 17.0 Å². The summed E-state index contributed by atoms with van der Waals surface area (Å²) in [7, 11) is 0. The molecule has 0 amide bonds. The van der Waals surface area contributed by atoms with E-state index in [9.17, 15) is 9.18 Å². The van der Waals surface area contributed by atoms with Crippen molar-refractivity contribution >= 4 is 5.78 Å². The first kappa shape index (κ1) is 11.3. The van der Waals surface area contributed by atoms with Gasteiger partial charge in [-0.05, 0) is 37.3 Å². The quantitative estimate of drug-likeness (QED) is 0.694. The van der Waals surface area contributed by atoms with Crippen LogP contribution in [0.3, 0.4) is 0 Å². The van der Waals surface area contributed by atoms with Crippen LogP contribution < -0.4 is 0 Å². The van der Waals surface area contributed by atoms with Gasteiger partial charge in [-0.25, -0.2) is 4.39 Å². The molecule has 1 fully saturated rings. The van der Waals surface area contributed by atoms with Crippen molar-refractivity contribution in [1.82, 2.24) is 0 Å². The van der Waals surface area contributed by atoms with Gasteiger partial charge >= 0.3 is 0 Å². The third-order valence-electron chi connectivity index (χ3n) is 3.65. The molecule has 1 aromatic carbocycles. The Hall–Kier alpha value is -1.18. The molecule has 0 saturated heterocycles. The molecule has 2 heteroatoms. The Morgan fingerprint density at radius 2 is 2.12 bits per heavy atom. The van der Waals surface area contributed by atoms with Gasteiger partial charge in [-0.2, -0.15) is 0 Å². The first-order valence-electron chi connectivity index (χ1n) is 5.90. The van der Waals surface area contributed by atoms with E-state index in [-0.39, 0.29) is 17.5 Å². The minimum absolute atomic E-state index is 0.0992. The zero-order chi connectivity index (χ0) is 11.7. The van der Waals surface area contributed by atoms with E-state index in [4.69, 9.17) is 0 Å². The molecular formula is C14H17FO. The van der Waals surface area contributed by atoms with Crippen LogP contribution >= 0.6 is 0 Å². The van der Waals surface area contributed by atoms with Crippen LogP contribution in [0.25, 0.3) is 0 Å². The van der Waals surface area contributed by atoms with Gasteiger partial charge in [0.25, 0.3) is 0 Å². The van der Waals surface area contributed by atoms with Crippen LogP contribution in [-0.2, 0) is 0 Å². The summed E-state index contributed by atoms with van der Waals surface area (Å²) in [4.78, 5) is 12.2. The van der Waals surface area contributed by atoms with E-state index in [1.807, 2.05) is 0 Å². The van der Waals surface area contributed by atoms with E-state index in [0.717, 1.165) is 19.3 Å². The fourth-order valence-electron chi connectivity index (χ4n) is 2.50. The molecule has 0 bridgehead atoms. The summed E-state index contributed by atoms with van der Waals surface area (Å²) in [5.74, 6) is 0.374. The maximum atomic E-state index is 13.4. The highest BCUT2D eigenvalue weighted by Gasteiger charge is 2.30. The van der Waals surface area contributed by atoms with Gasteiger partial charge in [0.2, 0.25) is 0 Å². The van der Waals surface area contributed by atoms with Crippen molar-refractivity contribution in [3.05, 3.63) is 35.1 Å². The smallest absolute Gasteiger partial charge is 0.166 e. The number of carbonyl (C=O) groups is 1. The number of Topliss-reactive ketones (excluding diaryl/α,β-unsaturated/α-hetero) is 1. The number of halogens is 1. The fourth-order valence-corrected chi connectivity index (χ4v) is 2.50. The fraction of sp³-hybridized carbons (Fsp3) is 0.500. The van der Waals surface area contributed by atoms with Crippen LogP contribution in [-0.4, -0.2) is 5.78 Å². The third-order valence-corrected chi connectivity index (χ3v) is 3.65. The van der Waals surface area contributed by atoms with Crippen LogP contribution in [0, 0.1) is 24.6 Å². The van der Waals surface area contributed by atoms with Crippen molar-refractivity contribution in [1.29, 1.82) is 0 Å². The second kappa shape index (κ2) is 4.36. The Kier molecular flexibility index (Phi) is 3.08. The third kappa shape index (κ3) is 2.01. The van der Waals surface area contributed by atoms with Crippen molar-refractivity contribution in [2.24, 2.45) is 11.8 Å². The Morgan fingerprint density at radius 1 is 1.38 bits per heavy atom. The van der Waals surface area contributed by atoms with Crippen molar-refractivity contribution in [3.63, 3.8) is 0 Å². The average molecular weight is 220 g/mol. The van der Waals surface area contributed by atoms with Gasteiger partial charge in [-0.1, -0.05) is 25.5 Å². The highest BCUT2D eigenvalue weighted by atomic mass is 19.1. The lowest BCUT2D eigenvalue weighted by molar-refractivity contribution is 0.0896. The van der Waals surface area contributed by atoms with E-state index in [2.05, 4.69) is 6.92 Å². The van der Waals surface area contributed by atoms with Gasteiger partial charge in [-0.3, -0.25) is 4.79 Å². The molecule has 16 heavy (non-hydrogen) atoms. The van der Waals surface area contributed by atoms with Crippen LogP contribution in [0.4, 0.5) is 4.39 Å². The van der Waals surface area contributed by atoms with Crippen molar-refractivity contribution in [2.75, 3.05) is 0 Å². The van der Waals surface area contributed by atoms with Gasteiger partial charge in [-0.15, -0.1) is 0 Å². The van der Waals surface area contributed by atoms with E-state index in [1.165, 1.54) is 6.07 Å². The van der Waals surface area contributed by atoms with Crippen LogP contribution in [0.5, 0.6) is 0 Å². The molecule has 1 nitrogen and oxygen atoms in total. The van der Waals surface area contributed by atoms with Gasteiger partial charge in [0.1, 0.15) is 5.82 Å². The molecule has 1 aliphatic carbocycles. The van der Waals surface area contributed by atoms with Gasteiger partial charge < -0.3 is 0 Å². The molecule has 86 valence electrons. The minimum Gasteiger partial charge on any atom is -0.294 e. The first-order valence-corrected chi connectivity index (χ1v) is 5.90. The normalized spacial score (nSPS) is 24.7. The minimum atomic E-state index is -0.281. The number of hydrogen-bond donors (Lipinski definition) is 0. The maximum absolute atomic E-state index is 13.4. The molecule has 0 spiro atoms. The predicted molar refractivity (Wildman–Crippen MR) is 62.0 cm³/mol. The lowest BCUT2D eigenvalue weighted by Crippen LogP contribution is -2.17. The van der Waals surface area contributed by atoms with Gasteiger partial charge in [0.05, 0.1) is 0 Å². The maximum Gasteiger partial charge on any atom is 0.166 e. The number of hydrogen-bond acceptors (Lipinski definition) is 1. The van der Waals surface area contributed by atoms with Crippen molar-refractivity contribution in [3.8, 4) is 0 Å². The Bertz CT molecular complexity index is 411. The Labute approximate surface area is 95.7 Å². The zero-order valence-corrected chi connectivity index (χ0v) is 9.79. The van der Waals surface area contributed by atoms with E-state index in [1.54, 1.807) is 19.1 Å². The summed E-state index contributed by atoms with van der Waals surface area (Å²) in [5, 5.41) is 0. The summed E-state index contributed by atoms with van der Waals surface area (Å²) in [6.07, 6.45) is 3.19. The van der Waals surface area contributed by atoms with Crippen LogP contribution in [0.1, 0.15) is 42.1 Å². The molecule has 0 heterocycles. The molecular weight excluding hydrogens is 203 g/mol. The monoisotopic (exact) mass is 220 g/mol. The number of benzene rings is 1. The second-order valence-corrected chi connectivity index (χ2v) is 4.84. The van der Waals surface area contributed by atoms with Gasteiger partial charge in [0.15, 0.2) is 5.78 Å². The van der Waals surface area contributed by atoms with Crippen LogP contribution in [0.15, 0.2) is 18.2 Å². The SMILES string of the molecule is Cc1ccc(C(=O)C2CCCC2C)cc1F. The van der Waals surface area contributed by atoms with Gasteiger partial charge in [0, 0.05) is 11.5 Å². The molecule has 2 rings (SSSR count). The highest BCUT2D eigenvalue weighted by Crippen LogP contribution is 2.33. The number of aryl methyl sites for hydroxylation is 1. The lowest BCUT2D eigenvalue weighted by Gasteiger charge is -2.14. The number of carbonyl (C=O) groups excluding carboxylic acids is 1. The highest BCUT2D eigenvalue weighted by molar-refractivity contribution is 5.98. The summed E-state index contributed by atoms with van der Waals surface area (Å²) >= 11 is 0. The predicted octanol–water partition coefficient (Wildman–Crippen LogP) is 3.75. The Balaban J connectivity index is 2.23. The number of ketones is 1. The molecule has 2 unspecified atom stereocenters. The Morgan fingerprint density at radius 3 is 2.69 bits per heavy atom. The van der Waals surface area contributed by atoms with Crippen LogP contribution in [0.2, 0.25) is 0 Å². The lowest BCUT2D eigenvalue weighted by atomic mass is 9.89. The number of rotatable bonds is 2. The largest absolute Gasteiger partial charge is 0.294 e. The molecule has 1 aliphatic rings. The summed E-state index contributed by atoms with van der Waals surface area (Å²) in [6.45, 7) is 3.82. The topological polar surface area (TPSA) is 17.1 Å². The summed E-state index contributed by atoms with van der Waals surface area (Å²) < 4.78 is 13.4. The molecule has 2 atom stereocenters. The average Bonchev–Trinajstić information content (AvgIpc) is 2.67. The second-order valence-electron chi connectivity index (χ2n) is 4.84. The van der Waals surface area contributed by atoms with E-state index >= 15 is 0 Å². The standard InChI is InChI=1S/C14H17FO/c1-9-4-3-5-12(9)14(16)11-7-6-10(2)13(15)8-11/h6-9,12H,3-5H2,1-2H3. The summed E-state index contributed by atoms with van der Waals surface area (Å²) in [5.41, 5.74) is 1.12. The summed E-state index contributed by atoms with van der Waals surface area (Å²) in [6, 6.07) is 4.80. The molecule has 0 radical (unpaired) electrons. The first-order chi connectivity index (χ1) is 7.59. The molecule has 0 aliphatic heterocycles. The zero-order valence-electron chi connectivity index (χ0n) is 9.79. The molecule has 0 N–H and O–H groups in total. The van der Waals surface area contributed by atoms with Crippen molar-refractivity contribution < 1.29 is 9.18 Å². The molecule has 1 aromatic rings.